The molecule has 0 radical (unpaired) electrons. The smallest absolute Gasteiger partial charge is 0.242 e. The zero-order valence-electron chi connectivity index (χ0n) is 10.5. The monoisotopic (exact) mass is 361 g/mol. The van der Waals surface area contributed by atoms with E-state index >= 15 is 0 Å². The van der Waals surface area contributed by atoms with E-state index in [1.165, 1.54) is 12.1 Å². The van der Waals surface area contributed by atoms with Crippen LogP contribution in [0.15, 0.2) is 32.1 Å². The van der Waals surface area contributed by atoms with Gasteiger partial charge in [-0.25, -0.2) is 13.1 Å². The number of aliphatic hydroxyl groups is 1. The summed E-state index contributed by atoms with van der Waals surface area (Å²) in [6.07, 6.45) is 0. The molecule has 0 aliphatic carbocycles. The second kappa shape index (κ2) is 6.00. The molecule has 0 aliphatic rings. The minimum absolute atomic E-state index is 0.0616. The maximum absolute atomic E-state index is 12.1. The fourth-order valence-electron chi connectivity index (χ4n) is 1.51. The van der Waals surface area contributed by atoms with Crippen LogP contribution in [0.4, 0.5) is 0 Å². The van der Waals surface area contributed by atoms with E-state index in [0.29, 0.717) is 15.9 Å². The van der Waals surface area contributed by atoms with Gasteiger partial charge in [-0.1, -0.05) is 11.2 Å². The predicted molar refractivity (Wildman–Crippen MR) is 73.1 cm³/mol. The fourth-order valence-corrected chi connectivity index (χ4v) is 3.61. The number of hydrogen-bond donors (Lipinski definition) is 2. The molecule has 0 unspecified atom stereocenters. The van der Waals surface area contributed by atoms with Crippen LogP contribution >= 0.6 is 15.9 Å². The third-order valence-electron chi connectivity index (χ3n) is 2.46. The molecule has 0 bridgehead atoms. The number of sulfonamides is 1. The van der Waals surface area contributed by atoms with Crippen molar-refractivity contribution in [3.63, 3.8) is 0 Å². The number of benzene rings is 1. The summed E-state index contributed by atoms with van der Waals surface area (Å²) in [6, 6.07) is 4.50. The van der Waals surface area contributed by atoms with Gasteiger partial charge in [-0.2, -0.15) is 4.98 Å². The van der Waals surface area contributed by atoms with Crippen molar-refractivity contribution >= 4 is 26.0 Å². The molecular weight excluding hydrogens is 350 g/mol. The topological polar surface area (TPSA) is 105 Å². The quantitative estimate of drug-likeness (QED) is 0.826. The average molecular weight is 362 g/mol. The first-order valence-electron chi connectivity index (χ1n) is 5.60. The fraction of sp³-hybridized carbons (Fsp3) is 0.273. The maximum Gasteiger partial charge on any atom is 0.242 e. The second-order valence-corrected chi connectivity index (χ2v) is 6.57. The Morgan fingerprint density at radius 1 is 1.45 bits per heavy atom. The van der Waals surface area contributed by atoms with Crippen LogP contribution in [0.2, 0.25) is 0 Å². The Kier molecular flexibility index (Phi) is 4.53. The Morgan fingerprint density at radius 2 is 2.20 bits per heavy atom. The minimum atomic E-state index is -3.71. The number of rotatable bonds is 5. The van der Waals surface area contributed by atoms with Crippen molar-refractivity contribution in [2.24, 2.45) is 0 Å². The summed E-state index contributed by atoms with van der Waals surface area (Å²) in [6.45, 7) is 1.40. The highest BCUT2D eigenvalue weighted by molar-refractivity contribution is 9.10. The van der Waals surface area contributed by atoms with E-state index in [0.717, 1.165) is 0 Å². The van der Waals surface area contributed by atoms with Gasteiger partial charge in [-0.15, -0.1) is 0 Å². The molecule has 1 aromatic heterocycles. The Balaban J connectivity index is 2.18. The molecule has 9 heteroatoms. The van der Waals surface area contributed by atoms with Crippen molar-refractivity contribution in [1.82, 2.24) is 14.9 Å². The van der Waals surface area contributed by atoms with Crippen LogP contribution in [-0.2, 0) is 23.2 Å². The average Bonchev–Trinajstić information content (AvgIpc) is 2.82. The van der Waals surface area contributed by atoms with Gasteiger partial charge in [0.2, 0.25) is 15.9 Å². The lowest BCUT2D eigenvalue weighted by atomic mass is 10.2. The van der Waals surface area contributed by atoms with Crippen LogP contribution in [0.25, 0.3) is 0 Å². The molecule has 0 fully saturated rings. The number of nitrogens with one attached hydrogen (secondary N) is 1. The van der Waals surface area contributed by atoms with Gasteiger partial charge in [0.05, 0.1) is 18.0 Å². The number of halogens is 1. The van der Waals surface area contributed by atoms with Gasteiger partial charge in [-0.05, 0) is 33.6 Å². The zero-order chi connectivity index (χ0) is 14.8. The molecule has 108 valence electrons. The van der Waals surface area contributed by atoms with Crippen LogP contribution in [-0.4, -0.2) is 23.7 Å². The summed E-state index contributed by atoms with van der Waals surface area (Å²) >= 11 is 3.17. The normalized spacial score (nSPS) is 11.8. The van der Waals surface area contributed by atoms with E-state index in [1.54, 1.807) is 13.0 Å². The van der Waals surface area contributed by atoms with Crippen LogP contribution in [0, 0.1) is 6.92 Å². The highest BCUT2D eigenvalue weighted by Gasteiger charge is 2.18. The number of nitrogens with zero attached hydrogens (tertiary/aromatic N) is 2. The van der Waals surface area contributed by atoms with Crippen molar-refractivity contribution in [1.29, 1.82) is 0 Å². The molecule has 0 saturated heterocycles. The molecule has 0 aliphatic heterocycles. The third kappa shape index (κ3) is 3.42. The number of aromatic nitrogens is 2. The van der Waals surface area contributed by atoms with Gasteiger partial charge in [0.15, 0.2) is 5.82 Å². The lowest BCUT2D eigenvalue weighted by molar-refractivity contribution is 0.281. The lowest BCUT2D eigenvalue weighted by Gasteiger charge is -2.08. The first kappa shape index (κ1) is 15.1. The van der Waals surface area contributed by atoms with Gasteiger partial charge in [0.25, 0.3) is 0 Å². The molecule has 2 N–H and O–H groups in total. The van der Waals surface area contributed by atoms with Crippen LogP contribution in [0.3, 0.4) is 0 Å². The van der Waals surface area contributed by atoms with Crippen molar-refractivity contribution < 1.29 is 18.0 Å². The standard InChI is InChI=1S/C11H12BrN3O4S/c1-7-14-11(15-19-7)5-13-20(17,18)10-3-2-8(6-16)4-9(10)12/h2-4,13,16H,5-6H2,1H3. The number of aliphatic hydroxyl groups excluding tert-OH is 1. The Labute approximate surface area is 124 Å². The van der Waals surface area contributed by atoms with Gasteiger partial charge in [0, 0.05) is 11.4 Å². The van der Waals surface area contributed by atoms with E-state index < -0.39 is 10.0 Å². The first-order chi connectivity index (χ1) is 9.42. The second-order valence-electron chi connectivity index (χ2n) is 3.98. The SMILES string of the molecule is Cc1nc(CNS(=O)(=O)c2ccc(CO)cc2Br)no1. The van der Waals surface area contributed by atoms with Crippen LogP contribution in [0.1, 0.15) is 17.3 Å². The highest BCUT2D eigenvalue weighted by Crippen LogP contribution is 2.23. The summed E-state index contributed by atoms with van der Waals surface area (Å²) in [5.41, 5.74) is 0.615. The molecule has 2 aromatic rings. The van der Waals surface area contributed by atoms with E-state index in [1.807, 2.05) is 0 Å². The highest BCUT2D eigenvalue weighted by atomic mass is 79.9. The lowest BCUT2D eigenvalue weighted by Crippen LogP contribution is -2.24. The summed E-state index contributed by atoms with van der Waals surface area (Å²) < 4.78 is 31.8. The molecule has 1 heterocycles. The van der Waals surface area contributed by atoms with E-state index in [2.05, 4.69) is 30.8 Å². The molecule has 0 spiro atoms. The third-order valence-corrected chi connectivity index (χ3v) is 4.84. The molecule has 0 saturated carbocycles. The molecule has 20 heavy (non-hydrogen) atoms. The number of hydrogen-bond acceptors (Lipinski definition) is 6. The minimum Gasteiger partial charge on any atom is -0.392 e. The summed E-state index contributed by atoms with van der Waals surface area (Å²) in [4.78, 5) is 3.99. The van der Waals surface area contributed by atoms with Crippen molar-refractivity contribution in [2.75, 3.05) is 0 Å². The molecule has 0 atom stereocenters. The van der Waals surface area contributed by atoms with Crippen molar-refractivity contribution in [3.05, 3.63) is 40.0 Å². The molecule has 0 amide bonds. The summed E-state index contributed by atoms with van der Waals surface area (Å²) in [7, 11) is -3.71. The van der Waals surface area contributed by atoms with Crippen molar-refractivity contribution in [2.45, 2.75) is 25.0 Å². The molecule has 1 aromatic carbocycles. The van der Waals surface area contributed by atoms with Crippen LogP contribution in [0.5, 0.6) is 0 Å². The zero-order valence-corrected chi connectivity index (χ0v) is 12.9. The summed E-state index contributed by atoms with van der Waals surface area (Å²) in [5, 5.41) is 12.6. The molecule has 7 nitrogen and oxygen atoms in total. The molecule has 2 rings (SSSR count). The van der Waals surface area contributed by atoms with Gasteiger partial charge in [0.1, 0.15) is 0 Å². The van der Waals surface area contributed by atoms with Gasteiger partial charge >= 0.3 is 0 Å². The predicted octanol–water partition coefficient (Wildman–Crippen LogP) is 1.11. The van der Waals surface area contributed by atoms with Crippen LogP contribution < -0.4 is 4.72 Å². The first-order valence-corrected chi connectivity index (χ1v) is 7.88. The van der Waals surface area contributed by atoms with E-state index in [-0.39, 0.29) is 23.9 Å². The Morgan fingerprint density at radius 3 is 2.75 bits per heavy atom. The maximum atomic E-state index is 12.1. The van der Waals surface area contributed by atoms with Gasteiger partial charge in [-0.3, -0.25) is 0 Å². The Bertz CT molecular complexity index is 714. The largest absolute Gasteiger partial charge is 0.392 e. The van der Waals surface area contributed by atoms with Crippen molar-refractivity contribution in [3.8, 4) is 0 Å². The number of aryl methyl sites for hydroxylation is 1. The molecular formula is C11H12BrN3O4S. The van der Waals surface area contributed by atoms with E-state index in [9.17, 15) is 8.42 Å². The summed E-state index contributed by atoms with van der Waals surface area (Å²) in [5.74, 6) is 0.627. The van der Waals surface area contributed by atoms with E-state index in [4.69, 9.17) is 9.63 Å². The van der Waals surface area contributed by atoms with Gasteiger partial charge < -0.3 is 9.63 Å². The Hall–Kier alpha value is -1.29.